The predicted molar refractivity (Wildman–Crippen MR) is 98.6 cm³/mol. The number of hydrogen-bond acceptors (Lipinski definition) is 3. The van der Waals surface area contributed by atoms with Crippen molar-refractivity contribution < 1.29 is 4.74 Å². The Balaban J connectivity index is 2.15. The molecule has 0 radical (unpaired) electrons. The summed E-state index contributed by atoms with van der Waals surface area (Å²) in [6.45, 7) is 2.40. The Bertz CT molecular complexity index is 781. The van der Waals surface area contributed by atoms with Gasteiger partial charge in [-0.25, -0.2) is 0 Å². The molecule has 0 fully saturated rings. The molecule has 1 atom stereocenters. The highest BCUT2D eigenvalue weighted by Gasteiger charge is 2.07. The zero-order chi connectivity index (χ0) is 16.8. The van der Waals surface area contributed by atoms with Crippen molar-refractivity contribution in [3.8, 4) is 5.75 Å². The third-order valence-electron chi connectivity index (χ3n) is 3.54. The number of nitrogens with zero attached hydrogens (tertiary/aromatic N) is 1. The van der Waals surface area contributed by atoms with Crippen molar-refractivity contribution in [3.05, 3.63) is 64.1 Å². The fourth-order valence-corrected chi connectivity index (χ4v) is 2.17. The van der Waals surface area contributed by atoms with Crippen molar-refractivity contribution in [2.75, 3.05) is 7.11 Å². The number of ether oxygens (including phenoxy) is 1. The monoisotopic (exact) mass is 328 g/mol. The number of benzene rings is 1. The normalized spacial score (nSPS) is 12.3. The number of hydrogen-bond donors (Lipinski definition) is 1. The third kappa shape index (κ3) is 4.79. The van der Waals surface area contributed by atoms with Crippen molar-refractivity contribution >= 4 is 29.4 Å². The van der Waals surface area contributed by atoms with Gasteiger partial charge < -0.3 is 15.0 Å². The van der Waals surface area contributed by atoms with Gasteiger partial charge in [-0.2, -0.15) is 0 Å². The van der Waals surface area contributed by atoms with Crippen LogP contribution in [0.15, 0.2) is 47.4 Å². The van der Waals surface area contributed by atoms with E-state index < -0.39 is 0 Å². The van der Waals surface area contributed by atoms with Gasteiger partial charge in [-0.05, 0) is 29.3 Å². The van der Waals surface area contributed by atoms with Crippen LogP contribution in [0.5, 0.6) is 5.75 Å². The standard InChI is InChI=1S/C18H20N2O2S/c1-13(18(19)23)12-20-9-8-15(11-17(20)21)7-6-14-4-3-5-16(10-14)22-2/h3-11,13H,12H2,1-2H3,(H2,19,23)/b7-6+. The summed E-state index contributed by atoms with van der Waals surface area (Å²) in [7, 11) is 1.64. The minimum absolute atomic E-state index is 0.0131. The molecule has 2 rings (SSSR count). The van der Waals surface area contributed by atoms with Gasteiger partial charge in [0.1, 0.15) is 5.75 Å². The largest absolute Gasteiger partial charge is 0.497 e. The molecule has 1 aromatic carbocycles. The maximum atomic E-state index is 12.1. The first-order valence-electron chi connectivity index (χ1n) is 7.31. The second-order valence-electron chi connectivity index (χ2n) is 5.36. The quantitative estimate of drug-likeness (QED) is 0.828. The minimum Gasteiger partial charge on any atom is -0.497 e. The first kappa shape index (κ1) is 17.0. The Labute approximate surface area is 141 Å². The van der Waals surface area contributed by atoms with Crippen LogP contribution >= 0.6 is 12.2 Å². The number of rotatable bonds is 6. The molecular formula is C18H20N2O2S. The molecule has 0 saturated carbocycles. The van der Waals surface area contributed by atoms with Crippen LogP contribution in [0.3, 0.4) is 0 Å². The molecule has 0 spiro atoms. The number of pyridine rings is 1. The van der Waals surface area contributed by atoms with Gasteiger partial charge in [0.2, 0.25) is 0 Å². The van der Waals surface area contributed by atoms with Crippen molar-refractivity contribution in [2.24, 2.45) is 11.7 Å². The summed E-state index contributed by atoms with van der Waals surface area (Å²) in [5.74, 6) is 0.787. The summed E-state index contributed by atoms with van der Waals surface area (Å²) in [5.41, 5.74) is 7.38. The molecule has 2 N–H and O–H groups in total. The lowest BCUT2D eigenvalue weighted by atomic mass is 10.1. The summed E-state index contributed by atoms with van der Waals surface area (Å²) in [6.07, 6.45) is 5.61. The highest BCUT2D eigenvalue weighted by Crippen LogP contribution is 2.15. The predicted octanol–water partition coefficient (Wildman–Crippen LogP) is 2.95. The second kappa shape index (κ2) is 7.74. The molecular weight excluding hydrogens is 308 g/mol. The SMILES string of the molecule is COc1cccc(/C=C/c2ccn(CC(C)C(N)=S)c(=O)c2)c1. The van der Waals surface area contributed by atoms with Crippen molar-refractivity contribution in [2.45, 2.75) is 13.5 Å². The Morgan fingerprint density at radius 1 is 1.30 bits per heavy atom. The van der Waals surface area contributed by atoms with E-state index in [1.54, 1.807) is 23.9 Å². The lowest BCUT2D eigenvalue weighted by Crippen LogP contribution is -2.28. The summed E-state index contributed by atoms with van der Waals surface area (Å²) in [4.78, 5) is 12.6. The van der Waals surface area contributed by atoms with E-state index in [1.165, 1.54) is 0 Å². The molecule has 0 aliphatic heterocycles. The third-order valence-corrected chi connectivity index (χ3v) is 3.94. The fraction of sp³-hybridized carbons (Fsp3) is 0.222. The van der Waals surface area contributed by atoms with Gasteiger partial charge in [0.15, 0.2) is 0 Å². The van der Waals surface area contributed by atoms with E-state index in [2.05, 4.69) is 0 Å². The molecule has 1 heterocycles. The lowest BCUT2D eigenvalue weighted by Gasteiger charge is -2.11. The zero-order valence-electron chi connectivity index (χ0n) is 13.2. The van der Waals surface area contributed by atoms with Gasteiger partial charge >= 0.3 is 0 Å². The van der Waals surface area contributed by atoms with Gasteiger partial charge in [-0.1, -0.05) is 43.4 Å². The average molecular weight is 328 g/mol. The van der Waals surface area contributed by atoms with E-state index in [9.17, 15) is 4.79 Å². The molecule has 0 bridgehead atoms. The van der Waals surface area contributed by atoms with E-state index in [0.717, 1.165) is 16.9 Å². The summed E-state index contributed by atoms with van der Waals surface area (Å²) < 4.78 is 6.81. The maximum absolute atomic E-state index is 12.1. The van der Waals surface area contributed by atoms with Crippen LogP contribution in [0.1, 0.15) is 18.1 Å². The molecule has 2 aromatic rings. The molecule has 1 unspecified atom stereocenters. The number of nitrogens with two attached hydrogens (primary N) is 1. The molecule has 4 nitrogen and oxygen atoms in total. The van der Waals surface area contributed by atoms with E-state index >= 15 is 0 Å². The van der Waals surface area contributed by atoms with Gasteiger partial charge in [0.25, 0.3) is 5.56 Å². The lowest BCUT2D eigenvalue weighted by molar-refractivity contribution is 0.414. The molecule has 23 heavy (non-hydrogen) atoms. The summed E-state index contributed by atoms with van der Waals surface area (Å²) in [5, 5.41) is 0. The highest BCUT2D eigenvalue weighted by atomic mass is 32.1. The minimum atomic E-state index is -0.0686. The van der Waals surface area contributed by atoms with E-state index in [0.29, 0.717) is 11.5 Å². The van der Waals surface area contributed by atoms with Crippen molar-refractivity contribution in [1.29, 1.82) is 0 Å². The van der Waals surface area contributed by atoms with Crippen LogP contribution in [-0.4, -0.2) is 16.7 Å². The van der Waals surface area contributed by atoms with Crippen LogP contribution in [0.25, 0.3) is 12.2 Å². The Hall–Kier alpha value is -2.40. The zero-order valence-corrected chi connectivity index (χ0v) is 14.0. The van der Waals surface area contributed by atoms with Crippen LogP contribution in [0, 0.1) is 5.92 Å². The topological polar surface area (TPSA) is 57.2 Å². The van der Waals surface area contributed by atoms with Gasteiger partial charge in [-0.15, -0.1) is 0 Å². The molecule has 5 heteroatoms. The molecule has 0 saturated heterocycles. The van der Waals surface area contributed by atoms with Gasteiger partial charge in [0, 0.05) is 24.7 Å². The maximum Gasteiger partial charge on any atom is 0.251 e. The van der Waals surface area contributed by atoms with Crippen LogP contribution in [-0.2, 0) is 6.54 Å². The molecule has 0 amide bonds. The molecule has 1 aromatic heterocycles. The smallest absolute Gasteiger partial charge is 0.251 e. The Kier molecular flexibility index (Phi) is 5.71. The fourth-order valence-electron chi connectivity index (χ4n) is 2.10. The molecule has 0 aliphatic carbocycles. The Morgan fingerprint density at radius 3 is 2.61 bits per heavy atom. The summed E-state index contributed by atoms with van der Waals surface area (Å²) in [6, 6.07) is 11.2. The first-order chi connectivity index (χ1) is 11.0. The highest BCUT2D eigenvalue weighted by molar-refractivity contribution is 7.80. The van der Waals surface area contributed by atoms with Gasteiger partial charge in [0.05, 0.1) is 12.1 Å². The number of methoxy groups -OCH3 is 1. The van der Waals surface area contributed by atoms with Crippen molar-refractivity contribution in [1.82, 2.24) is 4.57 Å². The van der Waals surface area contributed by atoms with Gasteiger partial charge in [-0.3, -0.25) is 4.79 Å². The average Bonchev–Trinajstić information content (AvgIpc) is 2.55. The molecule has 0 aliphatic rings. The summed E-state index contributed by atoms with van der Waals surface area (Å²) >= 11 is 4.94. The van der Waals surface area contributed by atoms with Crippen LogP contribution < -0.4 is 16.0 Å². The van der Waals surface area contributed by atoms with E-state index in [-0.39, 0.29) is 11.5 Å². The van der Waals surface area contributed by atoms with E-state index in [4.69, 9.17) is 22.7 Å². The molecule has 120 valence electrons. The second-order valence-corrected chi connectivity index (χ2v) is 5.84. The van der Waals surface area contributed by atoms with Crippen LogP contribution in [0.4, 0.5) is 0 Å². The first-order valence-corrected chi connectivity index (χ1v) is 7.72. The number of thiocarbonyl (C=S) groups is 1. The van der Waals surface area contributed by atoms with Crippen molar-refractivity contribution in [3.63, 3.8) is 0 Å². The van der Waals surface area contributed by atoms with Crippen LogP contribution in [0.2, 0.25) is 0 Å². The number of aromatic nitrogens is 1. The Morgan fingerprint density at radius 2 is 2.00 bits per heavy atom. The van der Waals surface area contributed by atoms with E-state index in [1.807, 2.05) is 49.4 Å².